The number of rotatable bonds is 1. The molecule has 2 N–H and O–H groups in total. The molecule has 1 heterocycles. The van der Waals surface area contributed by atoms with Gasteiger partial charge in [-0.3, -0.25) is 0 Å². The molecule has 0 unspecified atom stereocenters. The normalized spacial score (nSPS) is 15.4. The molecule has 1 aromatic carbocycles. The van der Waals surface area contributed by atoms with Crippen LogP contribution in [-0.2, 0) is 0 Å². The fraction of sp³-hybridized carbons (Fsp3) is 0.357. The summed E-state index contributed by atoms with van der Waals surface area (Å²) in [6.45, 7) is 0. The number of thiazole rings is 1. The van der Waals surface area contributed by atoms with Gasteiger partial charge >= 0.3 is 0 Å². The molecule has 17 heavy (non-hydrogen) atoms. The first-order valence-electron chi connectivity index (χ1n) is 6.05. The maximum Gasteiger partial charge on any atom is 0.0811 e. The lowest BCUT2D eigenvalue weighted by Gasteiger charge is -1.92. The van der Waals surface area contributed by atoms with Crippen molar-refractivity contribution in [3.63, 3.8) is 0 Å². The Morgan fingerprint density at radius 1 is 1.12 bits per heavy atom. The number of nitrogens with two attached hydrogens (primary N) is 1. The summed E-state index contributed by atoms with van der Waals surface area (Å²) < 4.78 is 0. The highest BCUT2D eigenvalue weighted by molar-refractivity contribution is 7.07. The molecule has 1 aromatic heterocycles. The van der Waals surface area contributed by atoms with E-state index in [0.717, 1.165) is 5.69 Å². The predicted octanol–water partition coefficient (Wildman–Crippen LogP) is 3.70. The van der Waals surface area contributed by atoms with Crippen LogP contribution in [-0.4, -0.2) is 11.0 Å². The molecule has 3 rings (SSSR count). The van der Waals surface area contributed by atoms with Gasteiger partial charge < -0.3 is 5.73 Å². The molecular formula is C14H18N2S. The van der Waals surface area contributed by atoms with Gasteiger partial charge in [0.15, 0.2) is 0 Å². The molecule has 0 bridgehead atoms. The van der Waals surface area contributed by atoms with Crippen LogP contribution < -0.4 is 5.73 Å². The monoisotopic (exact) mass is 246 g/mol. The van der Waals surface area contributed by atoms with Crippen molar-refractivity contribution in [2.24, 2.45) is 5.73 Å². The first-order chi connectivity index (χ1) is 8.36. The van der Waals surface area contributed by atoms with E-state index in [-0.39, 0.29) is 0 Å². The van der Waals surface area contributed by atoms with Crippen LogP contribution in [0.1, 0.15) is 25.7 Å². The molecule has 0 amide bonds. The summed E-state index contributed by atoms with van der Waals surface area (Å²) in [7, 11) is 0. The van der Waals surface area contributed by atoms with Gasteiger partial charge in [0.25, 0.3) is 0 Å². The van der Waals surface area contributed by atoms with Gasteiger partial charge in [0.1, 0.15) is 0 Å². The Labute approximate surface area is 107 Å². The molecule has 0 saturated heterocycles. The van der Waals surface area contributed by atoms with Crippen LogP contribution in [0.3, 0.4) is 0 Å². The maximum absolute atomic E-state index is 5.53. The highest BCUT2D eigenvalue weighted by Crippen LogP contribution is 2.17. The Bertz CT molecular complexity index is 405. The number of hydrogen-bond acceptors (Lipinski definition) is 3. The van der Waals surface area contributed by atoms with Crippen molar-refractivity contribution in [2.75, 3.05) is 0 Å². The van der Waals surface area contributed by atoms with Crippen molar-refractivity contribution in [1.82, 2.24) is 4.98 Å². The molecule has 90 valence electrons. The van der Waals surface area contributed by atoms with E-state index >= 15 is 0 Å². The predicted molar refractivity (Wildman–Crippen MR) is 74.0 cm³/mol. The van der Waals surface area contributed by atoms with Crippen LogP contribution in [0.5, 0.6) is 0 Å². The fourth-order valence-corrected chi connectivity index (χ4v) is 2.48. The zero-order valence-electron chi connectivity index (χ0n) is 9.88. The van der Waals surface area contributed by atoms with Crippen LogP contribution >= 0.6 is 11.3 Å². The highest BCUT2D eigenvalue weighted by Gasteiger charge is 2.07. The standard InChI is InChI=1S/C9H7NS.C5H11N/c1-2-4-8(5-3-1)9-6-11-7-10-9;6-5-3-1-2-4-5/h1-7H;5H,1-4,6H2. The lowest BCUT2D eigenvalue weighted by molar-refractivity contribution is 0.704. The molecule has 1 aliphatic carbocycles. The zero-order valence-corrected chi connectivity index (χ0v) is 10.7. The molecule has 0 aliphatic heterocycles. The maximum atomic E-state index is 5.53. The SMILES string of the molecule is NC1CCCC1.c1ccc(-c2cscn2)cc1. The van der Waals surface area contributed by atoms with E-state index in [1.165, 1.54) is 31.2 Å². The van der Waals surface area contributed by atoms with Gasteiger partial charge in [0, 0.05) is 17.0 Å². The number of benzene rings is 1. The van der Waals surface area contributed by atoms with Gasteiger partial charge in [0.2, 0.25) is 0 Å². The smallest absolute Gasteiger partial charge is 0.0811 e. The minimum atomic E-state index is 0.546. The molecule has 2 nitrogen and oxygen atoms in total. The van der Waals surface area contributed by atoms with Gasteiger partial charge in [-0.25, -0.2) is 4.98 Å². The van der Waals surface area contributed by atoms with E-state index in [4.69, 9.17) is 5.73 Å². The van der Waals surface area contributed by atoms with E-state index in [9.17, 15) is 0 Å². The number of hydrogen-bond donors (Lipinski definition) is 1. The summed E-state index contributed by atoms with van der Waals surface area (Å²) in [5.74, 6) is 0. The quantitative estimate of drug-likeness (QED) is 0.833. The van der Waals surface area contributed by atoms with Crippen molar-refractivity contribution in [3.05, 3.63) is 41.2 Å². The molecular weight excluding hydrogens is 228 g/mol. The minimum absolute atomic E-state index is 0.546. The van der Waals surface area contributed by atoms with Crippen molar-refractivity contribution < 1.29 is 0 Å². The van der Waals surface area contributed by atoms with E-state index in [2.05, 4.69) is 22.5 Å². The number of nitrogens with zero attached hydrogens (tertiary/aromatic N) is 1. The Balaban J connectivity index is 0.000000153. The molecule has 1 fully saturated rings. The Morgan fingerprint density at radius 3 is 2.29 bits per heavy atom. The third kappa shape index (κ3) is 3.95. The van der Waals surface area contributed by atoms with Gasteiger partial charge in [-0.15, -0.1) is 11.3 Å². The number of aromatic nitrogens is 1. The largest absolute Gasteiger partial charge is 0.328 e. The van der Waals surface area contributed by atoms with Crippen molar-refractivity contribution >= 4 is 11.3 Å². The van der Waals surface area contributed by atoms with Crippen molar-refractivity contribution in [3.8, 4) is 11.3 Å². The summed E-state index contributed by atoms with van der Waals surface area (Å²) in [5.41, 5.74) is 9.64. The lowest BCUT2D eigenvalue weighted by Crippen LogP contribution is -2.13. The van der Waals surface area contributed by atoms with Gasteiger partial charge in [-0.2, -0.15) is 0 Å². The van der Waals surface area contributed by atoms with E-state index in [1.54, 1.807) is 11.3 Å². The van der Waals surface area contributed by atoms with E-state index in [1.807, 2.05) is 23.7 Å². The van der Waals surface area contributed by atoms with Crippen LogP contribution in [0.4, 0.5) is 0 Å². The zero-order chi connectivity index (χ0) is 11.9. The molecule has 1 saturated carbocycles. The van der Waals surface area contributed by atoms with Crippen molar-refractivity contribution in [1.29, 1.82) is 0 Å². The molecule has 0 spiro atoms. The third-order valence-electron chi connectivity index (χ3n) is 2.90. The van der Waals surface area contributed by atoms with Crippen LogP contribution in [0.25, 0.3) is 11.3 Å². The van der Waals surface area contributed by atoms with Gasteiger partial charge in [-0.05, 0) is 12.8 Å². The average Bonchev–Trinajstić information content (AvgIpc) is 3.03. The first-order valence-corrected chi connectivity index (χ1v) is 7.00. The Kier molecular flexibility index (Phi) is 4.71. The molecule has 3 heteroatoms. The molecule has 1 aliphatic rings. The second-order valence-corrected chi connectivity index (χ2v) is 5.00. The Morgan fingerprint density at radius 2 is 1.82 bits per heavy atom. The van der Waals surface area contributed by atoms with Crippen LogP contribution in [0.15, 0.2) is 41.2 Å². The second kappa shape index (κ2) is 6.52. The van der Waals surface area contributed by atoms with Crippen LogP contribution in [0, 0.1) is 0 Å². The van der Waals surface area contributed by atoms with Crippen LogP contribution in [0.2, 0.25) is 0 Å². The summed E-state index contributed by atoms with van der Waals surface area (Å²) in [4.78, 5) is 4.20. The Hall–Kier alpha value is -1.19. The average molecular weight is 246 g/mol. The molecule has 0 radical (unpaired) electrons. The summed E-state index contributed by atoms with van der Waals surface area (Å²) in [5, 5.41) is 2.05. The minimum Gasteiger partial charge on any atom is -0.328 e. The summed E-state index contributed by atoms with van der Waals surface area (Å²) >= 11 is 1.62. The lowest BCUT2D eigenvalue weighted by atomic mass is 10.2. The molecule has 0 atom stereocenters. The highest BCUT2D eigenvalue weighted by atomic mass is 32.1. The van der Waals surface area contributed by atoms with Gasteiger partial charge in [-0.1, -0.05) is 43.2 Å². The first kappa shape index (κ1) is 12.3. The van der Waals surface area contributed by atoms with E-state index < -0.39 is 0 Å². The topological polar surface area (TPSA) is 38.9 Å². The van der Waals surface area contributed by atoms with Crippen molar-refractivity contribution in [2.45, 2.75) is 31.7 Å². The fourth-order valence-electron chi connectivity index (χ4n) is 1.92. The third-order valence-corrected chi connectivity index (χ3v) is 3.49. The second-order valence-electron chi connectivity index (χ2n) is 4.28. The van der Waals surface area contributed by atoms with Gasteiger partial charge in [0.05, 0.1) is 11.2 Å². The molecule has 2 aromatic rings. The summed E-state index contributed by atoms with van der Waals surface area (Å²) in [6, 6.07) is 10.7. The van der Waals surface area contributed by atoms with E-state index in [0.29, 0.717) is 6.04 Å². The summed E-state index contributed by atoms with van der Waals surface area (Å²) in [6.07, 6.45) is 5.25.